The van der Waals surface area contributed by atoms with Gasteiger partial charge in [0.1, 0.15) is 5.82 Å². The minimum Gasteiger partial charge on any atom is -0.324 e. The molecule has 1 aromatic carbocycles. The average Bonchev–Trinajstić information content (AvgIpc) is 2.03. The molecule has 0 radical (unpaired) electrons. The maximum atomic E-state index is 12.6. The van der Waals surface area contributed by atoms with Gasteiger partial charge in [-0.1, -0.05) is 32.9 Å². The van der Waals surface area contributed by atoms with E-state index in [9.17, 15) is 4.39 Å². The van der Waals surface area contributed by atoms with Crippen LogP contribution in [0.2, 0.25) is 0 Å². The van der Waals surface area contributed by atoms with Gasteiger partial charge in [-0.25, -0.2) is 4.39 Å². The normalized spacial score (nSPS) is 14.2. The Hall–Kier alpha value is -0.890. The Bertz CT molecular complexity index is 271. The van der Waals surface area contributed by atoms with Crippen LogP contribution >= 0.6 is 0 Å². The summed E-state index contributed by atoms with van der Waals surface area (Å²) in [6.07, 6.45) is 0. The standard InChI is InChI=1S/C11H16FN/c1-11(2,3)10(13)8-4-6-9(12)7-5-8/h4-7,10H,13H2,1-3H3. The molecule has 0 aliphatic heterocycles. The zero-order valence-electron chi connectivity index (χ0n) is 8.34. The molecular weight excluding hydrogens is 165 g/mol. The average molecular weight is 181 g/mol. The zero-order chi connectivity index (χ0) is 10.1. The second-order valence-electron chi connectivity index (χ2n) is 4.40. The van der Waals surface area contributed by atoms with E-state index in [1.165, 1.54) is 12.1 Å². The van der Waals surface area contributed by atoms with Crippen LogP contribution in [0, 0.1) is 11.2 Å². The molecular formula is C11H16FN. The molecule has 0 amide bonds. The van der Waals surface area contributed by atoms with E-state index in [0.29, 0.717) is 0 Å². The molecule has 0 spiro atoms. The molecule has 0 saturated heterocycles. The minimum absolute atomic E-state index is 0.0117. The van der Waals surface area contributed by atoms with Gasteiger partial charge in [-0.3, -0.25) is 0 Å². The van der Waals surface area contributed by atoms with Crippen LogP contribution in [0.3, 0.4) is 0 Å². The van der Waals surface area contributed by atoms with E-state index < -0.39 is 0 Å². The highest BCUT2D eigenvalue weighted by Crippen LogP contribution is 2.30. The molecule has 1 unspecified atom stereocenters. The van der Waals surface area contributed by atoms with Crippen LogP contribution in [0.1, 0.15) is 32.4 Å². The third-order valence-electron chi connectivity index (χ3n) is 2.16. The number of nitrogens with two attached hydrogens (primary N) is 1. The number of halogens is 1. The van der Waals surface area contributed by atoms with Gasteiger partial charge in [-0.05, 0) is 23.1 Å². The van der Waals surface area contributed by atoms with Crippen LogP contribution in [-0.2, 0) is 0 Å². The molecule has 1 atom stereocenters. The summed E-state index contributed by atoms with van der Waals surface area (Å²) in [6.45, 7) is 6.21. The van der Waals surface area contributed by atoms with Crippen LogP contribution in [-0.4, -0.2) is 0 Å². The summed E-state index contributed by atoms with van der Waals surface area (Å²) in [4.78, 5) is 0. The molecule has 0 heterocycles. The number of rotatable bonds is 1. The molecule has 1 aromatic rings. The zero-order valence-corrected chi connectivity index (χ0v) is 8.34. The van der Waals surface area contributed by atoms with E-state index in [1.54, 1.807) is 12.1 Å². The fraction of sp³-hybridized carbons (Fsp3) is 0.455. The molecule has 0 fully saturated rings. The fourth-order valence-electron chi connectivity index (χ4n) is 1.17. The Morgan fingerprint density at radius 3 is 2.00 bits per heavy atom. The third-order valence-corrected chi connectivity index (χ3v) is 2.16. The van der Waals surface area contributed by atoms with E-state index in [1.807, 2.05) is 0 Å². The molecule has 0 saturated carbocycles. The SMILES string of the molecule is CC(C)(C)C(N)c1ccc(F)cc1. The van der Waals surface area contributed by atoms with E-state index in [-0.39, 0.29) is 17.3 Å². The van der Waals surface area contributed by atoms with Crippen molar-refractivity contribution in [2.75, 3.05) is 0 Å². The smallest absolute Gasteiger partial charge is 0.123 e. The van der Waals surface area contributed by atoms with Crippen molar-refractivity contribution in [1.29, 1.82) is 0 Å². The first-order valence-corrected chi connectivity index (χ1v) is 4.42. The first kappa shape index (κ1) is 10.2. The van der Waals surface area contributed by atoms with Gasteiger partial charge >= 0.3 is 0 Å². The topological polar surface area (TPSA) is 26.0 Å². The summed E-state index contributed by atoms with van der Waals surface area (Å²) in [5.74, 6) is -0.218. The Balaban J connectivity index is 2.90. The predicted molar refractivity (Wildman–Crippen MR) is 52.8 cm³/mol. The highest BCUT2D eigenvalue weighted by Gasteiger charge is 2.21. The van der Waals surface area contributed by atoms with Gasteiger partial charge in [0.2, 0.25) is 0 Å². The minimum atomic E-state index is -0.218. The van der Waals surface area contributed by atoms with Crippen LogP contribution in [0.25, 0.3) is 0 Å². The Kier molecular flexibility index (Phi) is 2.71. The number of hydrogen-bond donors (Lipinski definition) is 1. The van der Waals surface area contributed by atoms with E-state index in [0.717, 1.165) is 5.56 Å². The van der Waals surface area contributed by atoms with Crippen LogP contribution in [0.5, 0.6) is 0 Å². The van der Waals surface area contributed by atoms with Crippen LogP contribution in [0.4, 0.5) is 4.39 Å². The fourth-order valence-corrected chi connectivity index (χ4v) is 1.17. The van der Waals surface area contributed by atoms with Gasteiger partial charge in [0.15, 0.2) is 0 Å². The van der Waals surface area contributed by atoms with E-state index >= 15 is 0 Å². The van der Waals surface area contributed by atoms with Gasteiger partial charge in [-0.15, -0.1) is 0 Å². The van der Waals surface area contributed by atoms with E-state index in [2.05, 4.69) is 20.8 Å². The van der Waals surface area contributed by atoms with Gasteiger partial charge in [0.05, 0.1) is 0 Å². The van der Waals surface area contributed by atoms with Crippen molar-refractivity contribution >= 4 is 0 Å². The summed E-state index contributed by atoms with van der Waals surface area (Å²) in [6, 6.07) is 6.33. The number of benzene rings is 1. The highest BCUT2D eigenvalue weighted by molar-refractivity contribution is 5.20. The van der Waals surface area contributed by atoms with E-state index in [4.69, 9.17) is 5.73 Å². The van der Waals surface area contributed by atoms with Crippen molar-refractivity contribution < 1.29 is 4.39 Å². The lowest BCUT2D eigenvalue weighted by Crippen LogP contribution is -2.26. The molecule has 2 N–H and O–H groups in total. The van der Waals surface area contributed by atoms with Crippen molar-refractivity contribution in [2.45, 2.75) is 26.8 Å². The molecule has 0 aliphatic rings. The summed E-state index contributed by atoms with van der Waals surface area (Å²) in [5.41, 5.74) is 6.99. The van der Waals surface area contributed by atoms with Gasteiger partial charge in [-0.2, -0.15) is 0 Å². The van der Waals surface area contributed by atoms with Crippen LogP contribution < -0.4 is 5.73 Å². The molecule has 1 rings (SSSR count). The number of hydrogen-bond acceptors (Lipinski definition) is 1. The van der Waals surface area contributed by atoms with Gasteiger partial charge in [0, 0.05) is 6.04 Å². The summed E-state index contributed by atoms with van der Waals surface area (Å²) < 4.78 is 12.6. The van der Waals surface area contributed by atoms with Gasteiger partial charge in [0.25, 0.3) is 0 Å². The predicted octanol–water partition coefficient (Wildman–Crippen LogP) is 2.87. The summed E-state index contributed by atoms with van der Waals surface area (Å²) in [5, 5.41) is 0. The Morgan fingerprint density at radius 2 is 1.62 bits per heavy atom. The molecule has 0 aliphatic carbocycles. The molecule has 1 nitrogen and oxygen atoms in total. The quantitative estimate of drug-likeness (QED) is 0.708. The van der Waals surface area contributed by atoms with Crippen molar-refractivity contribution in [2.24, 2.45) is 11.1 Å². The van der Waals surface area contributed by atoms with Crippen molar-refractivity contribution in [1.82, 2.24) is 0 Å². The summed E-state index contributed by atoms with van der Waals surface area (Å²) >= 11 is 0. The molecule has 13 heavy (non-hydrogen) atoms. The largest absolute Gasteiger partial charge is 0.324 e. The van der Waals surface area contributed by atoms with Crippen molar-refractivity contribution in [3.8, 4) is 0 Å². The maximum Gasteiger partial charge on any atom is 0.123 e. The molecule has 0 aromatic heterocycles. The van der Waals surface area contributed by atoms with Crippen molar-refractivity contribution in [3.05, 3.63) is 35.6 Å². The first-order chi connectivity index (χ1) is 5.91. The lowest BCUT2D eigenvalue weighted by Gasteiger charge is -2.27. The second-order valence-corrected chi connectivity index (χ2v) is 4.40. The monoisotopic (exact) mass is 181 g/mol. The van der Waals surface area contributed by atoms with Crippen molar-refractivity contribution in [3.63, 3.8) is 0 Å². The Labute approximate surface area is 78.8 Å². The Morgan fingerprint density at radius 1 is 1.15 bits per heavy atom. The van der Waals surface area contributed by atoms with Crippen LogP contribution in [0.15, 0.2) is 24.3 Å². The third kappa shape index (κ3) is 2.52. The summed E-state index contributed by atoms with van der Waals surface area (Å²) in [7, 11) is 0. The molecule has 2 heteroatoms. The second kappa shape index (κ2) is 3.46. The highest BCUT2D eigenvalue weighted by atomic mass is 19.1. The maximum absolute atomic E-state index is 12.6. The lowest BCUT2D eigenvalue weighted by molar-refractivity contribution is 0.327. The first-order valence-electron chi connectivity index (χ1n) is 4.42. The molecule has 0 bridgehead atoms. The lowest BCUT2D eigenvalue weighted by atomic mass is 9.83. The molecule has 72 valence electrons. The van der Waals surface area contributed by atoms with Gasteiger partial charge < -0.3 is 5.73 Å².